The predicted molar refractivity (Wildman–Crippen MR) is 108 cm³/mol. The first-order chi connectivity index (χ1) is 13.0. The Hall–Kier alpha value is -2.17. The summed E-state index contributed by atoms with van der Waals surface area (Å²) in [6, 6.07) is 9.06. The summed E-state index contributed by atoms with van der Waals surface area (Å²) in [5.74, 6) is -1.46. The van der Waals surface area contributed by atoms with Crippen molar-refractivity contribution >= 4 is 17.6 Å². The highest BCUT2D eigenvalue weighted by Crippen LogP contribution is 2.09. The minimum Gasteiger partial charge on any atom is -0.349 e. The maximum atomic E-state index is 12.6. The van der Waals surface area contributed by atoms with E-state index in [1.54, 1.807) is 0 Å². The van der Waals surface area contributed by atoms with E-state index in [2.05, 4.69) is 17.6 Å². The van der Waals surface area contributed by atoms with Gasteiger partial charge in [-0.1, -0.05) is 76.8 Å². The first-order valence-electron chi connectivity index (χ1n) is 10.2. The first-order valence-corrected chi connectivity index (χ1v) is 10.2. The minimum absolute atomic E-state index is 0.149. The van der Waals surface area contributed by atoms with Crippen molar-refractivity contribution in [2.24, 2.45) is 5.92 Å². The molecule has 0 radical (unpaired) electrons. The van der Waals surface area contributed by atoms with Gasteiger partial charge in [0.25, 0.3) is 5.91 Å². The maximum Gasteiger partial charge on any atom is 0.289 e. The van der Waals surface area contributed by atoms with Gasteiger partial charge >= 0.3 is 0 Å². The third-order valence-electron chi connectivity index (χ3n) is 4.66. The van der Waals surface area contributed by atoms with Gasteiger partial charge in [0.2, 0.25) is 11.7 Å². The Kier molecular flexibility index (Phi) is 11.1. The summed E-state index contributed by atoms with van der Waals surface area (Å²) in [5.41, 5.74) is 1.10. The number of nitrogens with one attached hydrogen (secondary N) is 2. The molecule has 5 heteroatoms. The molecule has 1 aromatic carbocycles. The van der Waals surface area contributed by atoms with Crippen molar-refractivity contribution in [3.63, 3.8) is 0 Å². The molecule has 27 heavy (non-hydrogen) atoms. The highest BCUT2D eigenvalue weighted by molar-refractivity contribution is 6.38. The van der Waals surface area contributed by atoms with Crippen LogP contribution in [-0.4, -0.2) is 30.2 Å². The SMILES string of the molecule is CCCCC[C@H](NC(=O)[C@@H](C)CCC)C(=O)C(=O)NCCc1ccccc1. The summed E-state index contributed by atoms with van der Waals surface area (Å²) in [6.07, 6.45) is 5.65. The van der Waals surface area contributed by atoms with Crippen molar-refractivity contribution in [2.45, 2.75) is 71.8 Å². The van der Waals surface area contributed by atoms with Gasteiger partial charge in [0.15, 0.2) is 0 Å². The fourth-order valence-electron chi connectivity index (χ4n) is 2.96. The number of Topliss-reactive ketones (excluding diaryl/α,β-unsaturated/α-hetero) is 1. The Labute approximate surface area is 163 Å². The highest BCUT2D eigenvalue weighted by atomic mass is 16.2. The van der Waals surface area contributed by atoms with E-state index in [9.17, 15) is 14.4 Å². The summed E-state index contributed by atoms with van der Waals surface area (Å²) in [7, 11) is 0. The lowest BCUT2D eigenvalue weighted by Crippen LogP contribution is -2.49. The van der Waals surface area contributed by atoms with Gasteiger partial charge < -0.3 is 10.6 Å². The van der Waals surface area contributed by atoms with Crippen LogP contribution in [0.5, 0.6) is 0 Å². The number of ketones is 1. The number of benzene rings is 1. The number of unbranched alkanes of at least 4 members (excludes halogenated alkanes) is 2. The molecule has 0 unspecified atom stereocenters. The van der Waals surface area contributed by atoms with Gasteiger partial charge in [0, 0.05) is 12.5 Å². The molecule has 0 spiro atoms. The van der Waals surface area contributed by atoms with Crippen LogP contribution in [0, 0.1) is 5.92 Å². The van der Waals surface area contributed by atoms with E-state index in [0.29, 0.717) is 19.4 Å². The van der Waals surface area contributed by atoms with Crippen molar-refractivity contribution in [1.29, 1.82) is 0 Å². The van der Waals surface area contributed by atoms with Crippen LogP contribution in [0.1, 0.15) is 64.9 Å². The minimum atomic E-state index is -0.736. The predicted octanol–water partition coefficient (Wildman–Crippen LogP) is 3.42. The molecule has 0 aliphatic rings. The molecule has 2 amide bonds. The topological polar surface area (TPSA) is 75.3 Å². The van der Waals surface area contributed by atoms with Crippen LogP contribution in [0.4, 0.5) is 0 Å². The van der Waals surface area contributed by atoms with Gasteiger partial charge in [0.05, 0.1) is 6.04 Å². The average molecular weight is 375 g/mol. The monoisotopic (exact) mass is 374 g/mol. The van der Waals surface area contributed by atoms with Crippen LogP contribution in [0.3, 0.4) is 0 Å². The number of hydrogen-bond donors (Lipinski definition) is 2. The second-order valence-electron chi connectivity index (χ2n) is 7.10. The fourth-order valence-corrected chi connectivity index (χ4v) is 2.96. The molecule has 0 heterocycles. The third kappa shape index (κ3) is 8.85. The van der Waals surface area contributed by atoms with Gasteiger partial charge in [-0.05, 0) is 24.8 Å². The Morgan fingerprint density at radius 3 is 2.30 bits per heavy atom. The van der Waals surface area contributed by atoms with Gasteiger partial charge in [-0.2, -0.15) is 0 Å². The summed E-state index contributed by atoms with van der Waals surface area (Å²) in [6.45, 7) is 6.35. The second-order valence-corrected chi connectivity index (χ2v) is 7.10. The zero-order chi connectivity index (χ0) is 20.1. The van der Waals surface area contributed by atoms with Gasteiger partial charge in [-0.15, -0.1) is 0 Å². The van der Waals surface area contributed by atoms with E-state index >= 15 is 0 Å². The van der Waals surface area contributed by atoms with Crippen LogP contribution in [0.15, 0.2) is 30.3 Å². The van der Waals surface area contributed by atoms with Crippen LogP contribution in [0.25, 0.3) is 0 Å². The van der Waals surface area contributed by atoms with E-state index in [1.165, 1.54) is 0 Å². The molecular weight excluding hydrogens is 340 g/mol. The van der Waals surface area contributed by atoms with Crippen LogP contribution in [0.2, 0.25) is 0 Å². The van der Waals surface area contributed by atoms with E-state index in [4.69, 9.17) is 0 Å². The van der Waals surface area contributed by atoms with Gasteiger partial charge in [-0.3, -0.25) is 14.4 Å². The lowest BCUT2D eigenvalue weighted by molar-refractivity contribution is -0.140. The normalized spacial score (nSPS) is 12.9. The third-order valence-corrected chi connectivity index (χ3v) is 4.66. The largest absolute Gasteiger partial charge is 0.349 e. The molecule has 0 saturated carbocycles. The molecular formula is C22H34N2O3. The van der Waals surface area contributed by atoms with E-state index in [1.807, 2.05) is 44.2 Å². The maximum absolute atomic E-state index is 12.6. The quantitative estimate of drug-likeness (QED) is 0.410. The molecule has 0 bridgehead atoms. The highest BCUT2D eigenvalue weighted by Gasteiger charge is 2.27. The summed E-state index contributed by atoms with van der Waals surface area (Å²) < 4.78 is 0. The smallest absolute Gasteiger partial charge is 0.289 e. The molecule has 0 saturated heterocycles. The molecule has 5 nitrogen and oxygen atoms in total. The van der Waals surface area contributed by atoms with Crippen LogP contribution >= 0.6 is 0 Å². The Morgan fingerprint density at radius 2 is 1.67 bits per heavy atom. The van der Waals surface area contributed by atoms with Crippen molar-refractivity contribution in [2.75, 3.05) is 6.54 Å². The fraction of sp³-hybridized carbons (Fsp3) is 0.591. The van der Waals surface area contributed by atoms with Crippen molar-refractivity contribution < 1.29 is 14.4 Å². The number of hydrogen-bond acceptors (Lipinski definition) is 3. The van der Waals surface area contributed by atoms with Crippen molar-refractivity contribution in [3.05, 3.63) is 35.9 Å². The Morgan fingerprint density at radius 1 is 0.963 bits per heavy atom. The van der Waals surface area contributed by atoms with E-state index < -0.39 is 17.7 Å². The summed E-state index contributed by atoms with van der Waals surface area (Å²) >= 11 is 0. The number of carbonyl (C=O) groups is 3. The molecule has 0 fully saturated rings. The molecule has 2 N–H and O–H groups in total. The molecule has 1 rings (SSSR count). The zero-order valence-electron chi connectivity index (χ0n) is 16.9. The second kappa shape index (κ2) is 13.1. The molecule has 1 aromatic rings. The van der Waals surface area contributed by atoms with Crippen molar-refractivity contribution in [1.82, 2.24) is 10.6 Å². The number of rotatable bonds is 13. The number of amides is 2. The van der Waals surface area contributed by atoms with Crippen LogP contribution in [-0.2, 0) is 20.8 Å². The molecule has 0 aliphatic heterocycles. The summed E-state index contributed by atoms with van der Waals surface area (Å²) in [5, 5.41) is 5.49. The lowest BCUT2D eigenvalue weighted by Gasteiger charge is -2.20. The first kappa shape index (κ1) is 22.9. The molecule has 150 valence electrons. The Balaban J connectivity index is 2.58. The molecule has 0 aromatic heterocycles. The summed E-state index contributed by atoms with van der Waals surface area (Å²) in [4.78, 5) is 37.1. The Bertz CT molecular complexity index is 586. The standard InChI is InChI=1S/C22H34N2O3/c1-4-6-8-14-19(24-21(26)17(3)11-5-2)20(25)22(27)23-16-15-18-12-9-7-10-13-18/h7,9-10,12-13,17,19H,4-6,8,11,14-16H2,1-3H3,(H,23,27)(H,24,26)/t17-,19-/m0/s1. The van der Waals surface area contributed by atoms with E-state index in [0.717, 1.165) is 37.7 Å². The van der Waals surface area contributed by atoms with E-state index in [-0.39, 0.29) is 11.8 Å². The van der Waals surface area contributed by atoms with Gasteiger partial charge in [-0.25, -0.2) is 0 Å². The molecule has 2 atom stereocenters. The lowest BCUT2D eigenvalue weighted by atomic mass is 10.0. The average Bonchev–Trinajstić information content (AvgIpc) is 2.67. The van der Waals surface area contributed by atoms with Crippen LogP contribution < -0.4 is 10.6 Å². The zero-order valence-corrected chi connectivity index (χ0v) is 16.9. The number of carbonyl (C=O) groups excluding carboxylic acids is 3. The van der Waals surface area contributed by atoms with Gasteiger partial charge in [0.1, 0.15) is 0 Å². The van der Waals surface area contributed by atoms with Crippen molar-refractivity contribution in [3.8, 4) is 0 Å². The molecule has 0 aliphatic carbocycles.